The maximum absolute atomic E-state index is 2.21. The molecule has 0 radical (unpaired) electrons. The highest BCUT2D eigenvalue weighted by molar-refractivity contribution is 7.16. The van der Waals surface area contributed by atoms with E-state index in [-0.39, 0.29) is 0 Å². The zero-order chi connectivity index (χ0) is 15.0. The molecule has 0 aliphatic rings. The van der Waals surface area contributed by atoms with Crippen molar-refractivity contribution in [2.75, 3.05) is 0 Å². The molecule has 1 aromatic heterocycles. The molecule has 0 saturated carbocycles. The van der Waals surface area contributed by atoms with Gasteiger partial charge in [-0.1, -0.05) is 61.9 Å². The van der Waals surface area contributed by atoms with Crippen molar-refractivity contribution >= 4 is 16.9 Å². The van der Waals surface area contributed by atoms with E-state index < -0.39 is 0 Å². The van der Waals surface area contributed by atoms with Crippen molar-refractivity contribution in [1.29, 1.82) is 0 Å². The quantitative estimate of drug-likeness (QED) is 0.548. The van der Waals surface area contributed by atoms with Gasteiger partial charge in [0.2, 0.25) is 0 Å². The first-order valence-electron chi connectivity index (χ1n) is 7.21. The fourth-order valence-electron chi connectivity index (χ4n) is 1.87. The number of allylic oxidation sites excluding steroid dienone is 4. The molecule has 1 aromatic carbocycles. The number of aryl methyl sites for hydroxylation is 1. The molecule has 1 heteroatoms. The van der Waals surface area contributed by atoms with Crippen LogP contribution in [-0.4, -0.2) is 0 Å². The standard InChI is InChI=1S/C17H18S.C2H6/c1-4-6-14(5-2)16-11-12-17(18-16)15-9-7-13(3)8-10-15;1-2/h4-12H,1-3H3;1-2H3/b6-4-,14-5+;. The SMILES string of the molecule is C/C=C\C(=C/C)c1ccc(-c2ccc(C)cc2)s1.CC. The van der Waals surface area contributed by atoms with Crippen LogP contribution < -0.4 is 0 Å². The van der Waals surface area contributed by atoms with Crippen molar-refractivity contribution in [3.05, 3.63) is 65.1 Å². The number of hydrogen-bond donors (Lipinski definition) is 0. The summed E-state index contributed by atoms with van der Waals surface area (Å²) in [6, 6.07) is 13.1. The van der Waals surface area contributed by atoms with Crippen molar-refractivity contribution in [3.8, 4) is 10.4 Å². The highest BCUT2D eigenvalue weighted by Gasteiger charge is 2.04. The lowest BCUT2D eigenvalue weighted by Crippen LogP contribution is -1.73. The summed E-state index contributed by atoms with van der Waals surface area (Å²) in [5.74, 6) is 0. The summed E-state index contributed by atoms with van der Waals surface area (Å²) in [6.07, 6.45) is 6.40. The number of hydrogen-bond acceptors (Lipinski definition) is 1. The van der Waals surface area contributed by atoms with Gasteiger partial charge in [-0.25, -0.2) is 0 Å². The Kier molecular flexibility index (Phi) is 7.03. The molecule has 0 unspecified atom stereocenters. The zero-order valence-electron chi connectivity index (χ0n) is 13.1. The van der Waals surface area contributed by atoms with Crippen LogP contribution in [0.2, 0.25) is 0 Å². The number of thiophene rings is 1. The maximum atomic E-state index is 2.21. The summed E-state index contributed by atoms with van der Waals surface area (Å²) >= 11 is 1.84. The van der Waals surface area contributed by atoms with E-state index in [1.165, 1.54) is 26.5 Å². The van der Waals surface area contributed by atoms with E-state index in [0.29, 0.717) is 0 Å². The molecular weight excluding hydrogens is 260 g/mol. The molecule has 0 fully saturated rings. The second-order valence-electron chi connectivity index (χ2n) is 4.27. The first-order valence-corrected chi connectivity index (χ1v) is 8.02. The molecule has 0 amide bonds. The predicted molar refractivity (Wildman–Crippen MR) is 94.3 cm³/mol. The van der Waals surface area contributed by atoms with Gasteiger partial charge in [0.05, 0.1) is 0 Å². The molecule has 2 rings (SSSR count). The van der Waals surface area contributed by atoms with Gasteiger partial charge in [-0.15, -0.1) is 11.3 Å². The Bertz CT molecular complexity index is 568. The second kappa shape index (κ2) is 8.55. The van der Waals surface area contributed by atoms with E-state index in [2.05, 4.69) is 75.4 Å². The molecule has 0 saturated heterocycles. The van der Waals surface area contributed by atoms with E-state index in [1.807, 2.05) is 25.2 Å². The summed E-state index contributed by atoms with van der Waals surface area (Å²) in [5.41, 5.74) is 3.90. The summed E-state index contributed by atoms with van der Waals surface area (Å²) in [4.78, 5) is 2.65. The molecule has 0 spiro atoms. The third kappa shape index (κ3) is 4.21. The minimum Gasteiger partial charge on any atom is -0.135 e. The topological polar surface area (TPSA) is 0 Å². The Morgan fingerprint density at radius 3 is 2.15 bits per heavy atom. The molecule has 0 nitrogen and oxygen atoms in total. The summed E-state index contributed by atoms with van der Waals surface area (Å²) in [6.45, 7) is 10.3. The summed E-state index contributed by atoms with van der Waals surface area (Å²) < 4.78 is 0. The average Bonchev–Trinajstić information content (AvgIpc) is 2.97. The van der Waals surface area contributed by atoms with Crippen molar-refractivity contribution in [3.63, 3.8) is 0 Å². The van der Waals surface area contributed by atoms with Crippen LogP contribution in [0.4, 0.5) is 0 Å². The van der Waals surface area contributed by atoms with E-state index in [1.54, 1.807) is 0 Å². The second-order valence-corrected chi connectivity index (χ2v) is 5.36. The van der Waals surface area contributed by atoms with Crippen LogP contribution in [0.5, 0.6) is 0 Å². The predicted octanol–water partition coefficient (Wildman–Crippen LogP) is 6.73. The van der Waals surface area contributed by atoms with Crippen LogP contribution in [0.25, 0.3) is 16.0 Å². The Hall–Kier alpha value is -1.60. The molecule has 0 aliphatic heterocycles. The van der Waals surface area contributed by atoms with E-state index in [0.717, 1.165) is 0 Å². The van der Waals surface area contributed by atoms with Gasteiger partial charge in [-0.3, -0.25) is 0 Å². The average molecular weight is 284 g/mol. The van der Waals surface area contributed by atoms with Crippen LogP contribution in [0, 0.1) is 6.92 Å². The fourth-order valence-corrected chi connectivity index (χ4v) is 2.93. The van der Waals surface area contributed by atoms with Crippen molar-refractivity contribution < 1.29 is 0 Å². The van der Waals surface area contributed by atoms with Gasteiger partial charge in [-0.2, -0.15) is 0 Å². The first-order chi connectivity index (χ1) is 9.74. The van der Waals surface area contributed by atoms with E-state index in [9.17, 15) is 0 Å². The van der Waals surface area contributed by atoms with Crippen LogP contribution in [0.3, 0.4) is 0 Å². The lowest BCUT2D eigenvalue weighted by atomic mass is 10.1. The van der Waals surface area contributed by atoms with Gasteiger partial charge < -0.3 is 0 Å². The highest BCUT2D eigenvalue weighted by Crippen LogP contribution is 2.32. The maximum Gasteiger partial charge on any atom is 0.0349 e. The molecule has 106 valence electrons. The molecule has 0 aliphatic carbocycles. The van der Waals surface area contributed by atoms with Crippen molar-refractivity contribution in [1.82, 2.24) is 0 Å². The third-order valence-corrected chi connectivity index (χ3v) is 4.07. The normalized spacial score (nSPS) is 11.3. The van der Waals surface area contributed by atoms with Crippen LogP contribution in [0.1, 0.15) is 38.1 Å². The van der Waals surface area contributed by atoms with E-state index in [4.69, 9.17) is 0 Å². The Morgan fingerprint density at radius 1 is 0.950 bits per heavy atom. The molecule has 0 N–H and O–H groups in total. The zero-order valence-corrected chi connectivity index (χ0v) is 13.9. The lowest BCUT2D eigenvalue weighted by molar-refractivity contribution is 1.48. The highest BCUT2D eigenvalue weighted by atomic mass is 32.1. The van der Waals surface area contributed by atoms with E-state index >= 15 is 0 Å². The lowest BCUT2D eigenvalue weighted by Gasteiger charge is -1.98. The van der Waals surface area contributed by atoms with Crippen molar-refractivity contribution in [2.24, 2.45) is 0 Å². The first kappa shape index (κ1) is 16.5. The van der Waals surface area contributed by atoms with Gasteiger partial charge >= 0.3 is 0 Å². The molecule has 0 bridgehead atoms. The monoisotopic (exact) mass is 284 g/mol. The largest absolute Gasteiger partial charge is 0.135 e. The Labute approximate surface area is 127 Å². The fraction of sp³-hybridized carbons (Fsp3) is 0.263. The molecule has 2 aromatic rings. The molecule has 20 heavy (non-hydrogen) atoms. The van der Waals surface area contributed by atoms with Gasteiger partial charge in [0, 0.05) is 9.75 Å². The third-order valence-electron chi connectivity index (χ3n) is 2.88. The Balaban J connectivity index is 0.000000956. The van der Waals surface area contributed by atoms with Crippen LogP contribution in [0.15, 0.2) is 54.6 Å². The van der Waals surface area contributed by atoms with Crippen LogP contribution in [-0.2, 0) is 0 Å². The van der Waals surface area contributed by atoms with Gasteiger partial charge in [0.1, 0.15) is 0 Å². The minimum absolute atomic E-state index is 1.29. The molecule has 1 heterocycles. The minimum atomic E-state index is 1.29. The summed E-state index contributed by atoms with van der Waals surface area (Å²) in [5, 5.41) is 0. The van der Waals surface area contributed by atoms with Crippen molar-refractivity contribution in [2.45, 2.75) is 34.6 Å². The summed E-state index contributed by atoms with van der Waals surface area (Å²) in [7, 11) is 0. The van der Waals surface area contributed by atoms with Crippen LogP contribution >= 0.6 is 11.3 Å². The smallest absolute Gasteiger partial charge is 0.0349 e. The van der Waals surface area contributed by atoms with Gasteiger partial charge in [-0.05, 0) is 44.0 Å². The molecular formula is C19H24S. The Morgan fingerprint density at radius 2 is 1.60 bits per heavy atom. The van der Waals surface area contributed by atoms with Gasteiger partial charge in [0.15, 0.2) is 0 Å². The van der Waals surface area contributed by atoms with Gasteiger partial charge in [0.25, 0.3) is 0 Å². The number of rotatable bonds is 3. The number of benzene rings is 1. The molecule has 0 atom stereocenters.